The molecule has 1 aliphatic carbocycles. The Balaban J connectivity index is 2.23. The second-order valence-electron chi connectivity index (χ2n) is 5.21. The normalized spacial score (nSPS) is 21.2. The molecule has 0 radical (unpaired) electrons. The second-order valence-corrected chi connectivity index (χ2v) is 5.21. The first kappa shape index (κ1) is 13.5. The van der Waals surface area contributed by atoms with Crippen molar-refractivity contribution in [3.63, 3.8) is 0 Å². The molecule has 3 nitrogen and oxygen atoms in total. The Kier molecular flexibility index (Phi) is 5.26. The Bertz CT molecular complexity index is 226. The number of hydrogen-bond donors (Lipinski definition) is 2. The molecule has 1 fully saturated rings. The smallest absolute Gasteiger partial charge is 0.237 e. The van der Waals surface area contributed by atoms with Crippen molar-refractivity contribution in [1.29, 1.82) is 0 Å². The zero-order valence-corrected chi connectivity index (χ0v) is 11.0. The summed E-state index contributed by atoms with van der Waals surface area (Å²) in [7, 11) is 0. The minimum absolute atomic E-state index is 0.0742. The molecule has 0 heterocycles. The maximum Gasteiger partial charge on any atom is 0.237 e. The van der Waals surface area contributed by atoms with Crippen LogP contribution in [0.2, 0.25) is 0 Å². The van der Waals surface area contributed by atoms with Crippen LogP contribution in [0.1, 0.15) is 53.4 Å². The maximum absolute atomic E-state index is 11.8. The molecular formula is C13H26N2O. The fourth-order valence-corrected chi connectivity index (χ4v) is 2.08. The van der Waals surface area contributed by atoms with Crippen LogP contribution >= 0.6 is 0 Å². The number of amides is 1. The molecule has 0 aromatic rings. The summed E-state index contributed by atoms with van der Waals surface area (Å²) < 4.78 is 0. The predicted octanol–water partition coefficient (Wildman–Crippen LogP) is 2.07. The summed E-state index contributed by atoms with van der Waals surface area (Å²) in [5.41, 5.74) is 0. The molecule has 0 bridgehead atoms. The van der Waals surface area contributed by atoms with Gasteiger partial charge in [-0.05, 0) is 46.0 Å². The monoisotopic (exact) mass is 226 g/mol. The van der Waals surface area contributed by atoms with Gasteiger partial charge in [0.05, 0.1) is 6.04 Å². The van der Waals surface area contributed by atoms with E-state index in [9.17, 15) is 4.79 Å². The Labute approximate surface area is 99.4 Å². The number of carbonyl (C=O) groups is 1. The second kappa shape index (κ2) is 6.24. The Hall–Kier alpha value is -0.570. The molecular weight excluding hydrogens is 200 g/mol. The molecule has 0 spiro atoms. The third-order valence-electron chi connectivity index (χ3n) is 3.35. The van der Waals surface area contributed by atoms with E-state index in [1.807, 2.05) is 6.92 Å². The average Bonchev–Trinajstić information content (AvgIpc) is 3.00. The summed E-state index contributed by atoms with van der Waals surface area (Å²) >= 11 is 0. The van der Waals surface area contributed by atoms with Crippen molar-refractivity contribution < 1.29 is 4.79 Å². The summed E-state index contributed by atoms with van der Waals surface area (Å²) in [6, 6.07) is 0.690. The Morgan fingerprint density at radius 1 is 1.31 bits per heavy atom. The molecule has 1 rings (SSSR count). The van der Waals surface area contributed by atoms with E-state index in [1.165, 1.54) is 12.8 Å². The highest BCUT2D eigenvalue weighted by Crippen LogP contribution is 2.32. The summed E-state index contributed by atoms with van der Waals surface area (Å²) in [4.78, 5) is 11.8. The topological polar surface area (TPSA) is 41.1 Å². The summed E-state index contributed by atoms with van der Waals surface area (Å²) in [6.07, 6.45) is 4.79. The maximum atomic E-state index is 11.8. The highest BCUT2D eigenvalue weighted by atomic mass is 16.2. The third kappa shape index (κ3) is 4.52. The van der Waals surface area contributed by atoms with Crippen molar-refractivity contribution in [1.82, 2.24) is 10.6 Å². The van der Waals surface area contributed by atoms with Crippen molar-refractivity contribution in [2.75, 3.05) is 0 Å². The highest BCUT2D eigenvalue weighted by Gasteiger charge is 2.29. The van der Waals surface area contributed by atoms with Crippen LogP contribution in [-0.4, -0.2) is 24.0 Å². The molecule has 0 aromatic heterocycles. The van der Waals surface area contributed by atoms with Gasteiger partial charge in [0.2, 0.25) is 5.91 Å². The van der Waals surface area contributed by atoms with E-state index in [2.05, 4.69) is 31.4 Å². The van der Waals surface area contributed by atoms with Gasteiger partial charge in [-0.1, -0.05) is 13.3 Å². The van der Waals surface area contributed by atoms with Gasteiger partial charge >= 0.3 is 0 Å². The van der Waals surface area contributed by atoms with E-state index in [0.717, 1.165) is 18.8 Å². The van der Waals surface area contributed by atoms with Crippen LogP contribution in [0.15, 0.2) is 0 Å². The van der Waals surface area contributed by atoms with Crippen molar-refractivity contribution in [3.8, 4) is 0 Å². The molecule has 1 saturated carbocycles. The summed E-state index contributed by atoms with van der Waals surface area (Å²) in [5.74, 6) is 0.928. The first-order valence-electron chi connectivity index (χ1n) is 6.61. The standard InChI is InChI=1S/C13H26N2O/c1-5-6-9(2)14-13(16)11(4)15-10(3)12-7-8-12/h9-12,15H,5-8H2,1-4H3,(H,14,16). The number of hydrogen-bond acceptors (Lipinski definition) is 2. The van der Waals surface area contributed by atoms with E-state index in [4.69, 9.17) is 0 Å². The Morgan fingerprint density at radius 3 is 2.44 bits per heavy atom. The lowest BCUT2D eigenvalue weighted by molar-refractivity contribution is -0.123. The summed E-state index contributed by atoms with van der Waals surface area (Å²) in [6.45, 7) is 8.34. The summed E-state index contributed by atoms with van der Waals surface area (Å²) in [5, 5.41) is 6.42. The lowest BCUT2D eigenvalue weighted by Crippen LogP contribution is -2.48. The Morgan fingerprint density at radius 2 is 1.94 bits per heavy atom. The van der Waals surface area contributed by atoms with E-state index >= 15 is 0 Å². The van der Waals surface area contributed by atoms with Crippen molar-refractivity contribution in [2.45, 2.75) is 71.5 Å². The highest BCUT2D eigenvalue weighted by molar-refractivity contribution is 5.81. The first-order chi connectivity index (χ1) is 7.54. The van der Waals surface area contributed by atoms with Crippen molar-refractivity contribution in [3.05, 3.63) is 0 Å². The molecule has 0 aliphatic heterocycles. The lowest BCUT2D eigenvalue weighted by Gasteiger charge is -2.21. The van der Waals surface area contributed by atoms with Crippen LogP contribution < -0.4 is 10.6 Å². The van der Waals surface area contributed by atoms with Gasteiger partial charge < -0.3 is 10.6 Å². The molecule has 1 amide bonds. The van der Waals surface area contributed by atoms with Gasteiger partial charge in [-0.3, -0.25) is 4.79 Å². The number of carbonyl (C=O) groups excluding carboxylic acids is 1. The molecule has 94 valence electrons. The zero-order valence-electron chi connectivity index (χ0n) is 11.0. The van der Waals surface area contributed by atoms with Crippen molar-refractivity contribution >= 4 is 5.91 Å². The van der Waals surface area contributed by atoms with Gasteiger partial charge in [0.25, 0.3) is 0 Å². The quantitative estimate of drug-likeness (QED) is 0.698. The van der Waals surface area contributed by atoms with Gasteiger partial charge in [-0.15, -0.1) is 0 Å². The van der Waals surface area contributed by atoms with Gasteiger partial charge in [0.15, 0.2) is 0 Å². The van der Waals surface area contributed by atoms with Crippen LogP contribution in [0.3, 0.4) is 0 Å². The van der Waals surface area contributed by atoms with Gasteiger partial charge in [-0.25, -0.2) is 0 Å². The number of nitrogens with one attached hydrogen (secondary N) is 2. The molecule has 0 aromatic carbocycles. The average molecular weight is 226 g/mol. The molecule has 3 atom stereocenters. The molecule has 16 heavy (non-hydrogen) atoms. The fourth-order valence-electron chi connectivity index (χ4n) is 2.08. The van der Waals surface area contributed by atoms with Crippen LogP contribution in [0.25, 0.3) is 0 Å². The van der Waals surface area contributed by atoms with Gasteiger partial charge in [0.1, 0.15) is 0 Å². The molecule has 3 unspecified atom stereocenters. The SMILES string of the molecule is CCCC(C)NC(=O)C(C)NC(C)C1CC1. The van der Waals surface area contributed by atoms with Crippen LogP contribution in [0, 0.1) is 5.92 Å². The minimum Gasteiger partial charge on any atom is -0.352 e. The van der Waals surface area contributed by atoms with Crippen LogP contribution in [0.5, 0.6) is 0 Å². The first-order valence-corrected chi connectivity index (χ1v) is 6.61. The largest absolute Gasteiger partial charge is 0.352 e. The van der Waals surface area contributed by atoms with E-state index in [1.54, 1.807) is 0 Å². The zero-order chi connectivity index (χ0) is 12.1. The van der Waals surface area contributed by atoms with E-state index < -0.39 is 0 Å². The molecule has 1 aliphatic rings. The van der Waals surface area contributed by atoms with E-state index in [-0.39, 0.29) is 18.0 Å². The number of rotatable bonds is 7. The van der Waals surface area contributed by atoms with E-state index in [0.29, 0.717) is 6.04 Å². The predicted molar refractivity (Wildman–Crippen MR) is 67.3 cm³/mol. The lowest BCUT2D eigenvalue weighted by atomic mass is 10.1. The molecule has 0 saturated heterocycles. The minimum atomic E-state index is -0.0742. The van der Waals surface area contributed by atoms with Crippen LogP contribution in [0.4, 0.5) is 0 Å². The van der Waals surface area contributed by atoms with Gasteiger partial charge in [-0.2, -0.15) is 0 Å². The van der Waals surface area contributed by atoms with Crippen LogP contribution in [-0.2, 0) is 4.79 Å². The van der Waals surface area contributed by atoms with Gasteiger partial charge in [0, 0.05) is 12.1 Å². The molecule has 3 heteroatoms. The third-order valence-corrected chi connectivity index (χ3v) is 3.35. The molecule has 2 N–H and O–H groups in total. The fraction of sp³-hybridized carbons (Fsp3) is 0.923. The van der Waals surface area contributed by atoms with Crippen molar-refractivity contribution in [2.24, 2.45) is 5.92 Å².